The van der Waals surface area contributed by atoms with Gasteiger partial charge in [-0.2, -0.15) is 0 Å². The highest BCUT2D eigenvalue weighted by Crippen LogP contribution is 2.18. The summed E-state index contributed by atoms with van der Waals surface area (Å²) >= 11 is 0. The second kappa shape index (κ2) is 5.43. The molecule has 0 fully saturated rings. The molecule has 0 aliphatic rings. The van der Waals surface area contributed by atoms with Crippen molar-refractivity contribution in [2.45, 2.75) is 26.2 Å². The molecule has 0 heterocycles. The average molecular weight is 186 g/mol. The maximum atomic E-state index is 3.99. The number of benzene rings is 1. The zero-order chi connectivity index (χ0) is 10.4. The largest absolute Gasteiger partial charge is 0.103 e. The lowest BCUT2D eigenvalue weighted by Crippen LogP contribution is -1.91. The van der Waals surface area contributed by atoms with Gasteiger partial charge in [0.1, 0.15) is 0 Å². The summed E-state index contributed by atoms with van der Waals surface area (Å²) in [7, 11) is 0. The van der Waals surface area contributed by atoms with Gasteiger partial charge in [0, 0.05) is 0 Å². The summed E-state index contributed by atoms with van der Waals surface area (Å²) in [5.74, 6) is 0. The van der Waals surface area contributed by atoms with E-state index in [4.69, 9.17) is 0 Å². The Morgan fingerprint density at radius 3 is 2.71 bits per heavy atom. The highest BCUT2D eigenvalue weighted by atomic mass is 14.1. The number of hydrogen-bond donors (Lipinski definition) is 0. The lowest BCUT2D eigenvalue weighted by molar-refractivity contribution is 0.842. The van der Waals surface area contributed by atoms with Gasteiger partial charge in [-0.25, -0.2) is 0 Å². The third kappa shape index (κ3) is 2.88. The van der Waals surface area contributed by atoms with Crippen molar-refractivity contribution in [1.82, 2.24) is 0 Å². The minimum atomic E-state index is 1.09. The molecule has 0 aromatic heterocycles. The summed E-state index contributed by atoms with van der Waals surface area (Å²) < 4.78 is 0. The summed E-state index contributed by atoms with van der Waals surface area (Å²) in [6.45, 7) is 9.79. The summed E-state index contributed by atoms with van der Waals surface area (Å²) in [4.78, 5) is 0. The fraction of sp³-hybridized carbons (Fsp3) is 0.286. The Kier molecular flexibility index (Phi) is 4.18. The quantitative estimate of drug-likeness (QED) is 0.477. The minimum absolute atomic E-state index is 1.09. The number of rotatable bonds is 5. The highest BCUT2D eigenvalue weighted by molar-refractivity contribution is 5.64. The smallest absolute Gasteiger partial charge is 0.0201 e. The van der Waals surface area contributed by atoms with E-state index in [2.05, 4.69) is 44.3 Å². The SMILES string of the molecule is C=CCCCc1ccccc1C(=C)C. The van der Waals surface area contributed by atoms with Gasteiger partial charge in [0.15, 0.2) is 0 Å². The summed E-state index contributed by atoms with van der Waals surface area (Å²) in [5.41, 5.74) is 3.86. The van der Waals surface area contributed by atoms with E-state index in [9.17, 15) is 0 Å². The summed E-state index contributed by atoms with van der Waals surface area (Å²) in [6, 6.07) is 8.50. The molecule has 0 amide bonds. The first kappa shape index (κ1) is 10.8. The van der Waals surface area contributed by atoms with E-state index in [0.717, 1.165) is 18.4 Å². The van der Waals surface area contributed by atoms with Crippen LogP contribution in [0, 0.1) is 0 Å². The molecular weight excluding hydrogens is 168 g/mol. The highest BCUT2D eigenvalue weighted by Gasteiger charge is 2.00. The lowest BCUT2D eigenvalue weighted by Gasteiger charge is -2.07. The Hall–Kier alpha value is -1.30. The Bertz CT molecular complexity index is 321. The van der Waals surface area contributed by atoms with Crippen LogP contribution < -0.4 is 0 Å². The molecule has 74 valence electrons. The molecule has 1 rings (SSSR count). The fourth-order valence-electron chi connectivity index (χ4n) is 1.59. The van der Waals surface area contributed by atoms with Crippen LogP contribution in [0.5, 0.6) is 0 Å². The van der Waals surface area contributed by atoms with Gasteiger partial charge < -0.3 is 0 Å². The molecule has 0 spiro atoms. The van der Waals surface area contributed by atoms with Gasteiger partial charge in [0.25, 0.3) is 0 Å². The van der Waals surface area contributed by atoms with Crippen molar-refractivity contribution >= 4 is 5.57 Å². The predicted octanol–water partition coefficient (Wildman–Crippen LogP) is 4.23. The van der Waals surface area contributed by atoms with Crippen LogP contribution in [0.3, 0.4) is 0 Å². The molecule has 0 unspecified atom stereocenters. The van der Waals surface area contributed by atoms with Crippen LogP contribution in [-0.2, 0) is 6.42 Å². The first-order valence-corrected chi connectivity index (χ1v) is 5.10. The van der Waals surface area contributed by atoms with Crippen LogP contribution in [0.4, 0.5) is 0 Å². The molecule has 14 heavy (non-hydrogen) atoms. The molecule has 0 atom stereocenters. The minimum Gasteiger partial charge on any atom is -0.103 e. The van der Waals surface area contributed by atoms with E-state index in [1.165, 1.54) is 17.5 Å². The summed E-state index contributed by atoms with van der Waals surface area (Å²) in [5, 5.41) is 0. The zero-order valence-electron chi connectivity index (χ0n) is 8.92. The fourth-order valence-corrected chi connectivity index (χ4v) is 1.59. The normalized spacial score (nSPS) is 9.79. The Morgan fingerprint density at radius 2 is 2.07 bits per heavy atom. The Morgan fingerprint density at radius 1 is 1.36 bits per heavy atom. The number of aryl methyl sites for hydroxylation is 1. The van der Waals surface area contributed by atoms with Crippen LogP contribution >= 0.6 is 0 Å². The molecule has 0 nitrogen and oxygen atoms in total. The van der Waals surface area contributed by atoms with Crippen molar-refractivity contribution in [2.24, 2.45) is 0 Å². The molecule has 0 radical (unpaired) electrons. The second-order valence-corrected chi connectivity index (χ2v) is 3.62. The molecule has 0 N–H and O–H groups in total. The van der Waals surface area contributed by atoms with Crippen LogP contribution in [0.2, 0.25) is 0 Å². The van der Waals surface area contributed by atoms with Crippen molar-refractivity contribution < 1.29 is 0 Å². The van der Waals surface area contributed by atoms with E-state index in [0.29, 0.717) is 0 Å². The number of hydrogen-bond acceptors (Lipinski definition) is 0. The summed E-state index contributed by atoms with van der Waals surface area (Å²) in [6.07, 6.45) is 5.36. The number of allylic oxidation sites excluding steroid dienone is 2. The van der Waals surface area contributed by atoms with Crippen LogP contribution in [0.25, 0.3) is 5.57 Å². The third-order valence-corrected chi connectivity index (χ3v) is 2.33. The van der Waals surface area contributed by atoms with E-state index in [-0.39, 0.29) is 0 Å². The van der Waals surface area contributed by atoms with Crippen molar-refractivity contribution in [3.63, 3.8) is 0 Å². The van der Waals surface area contributed by atoms with Gasteiger partial charge in [-0.15, -0.1) is 6.58 Å². The predicted molar refractivity (Wildman–Crippen MR) is 64.3 cm³/mol. The van der Waals surface area contributed by atoms with E-state index < -0.39 is 0 Å². The monoisotopic (exact) mass is 186 g/mol. The first-order valence-electron chi connectivity index (χ1n) is 5.10. The van der Waals surface area contributed by atoms with Crippen LogP contribution in [-0.4, -0.2) is 0 Å². The van der Waals surface area contributed by atoms with E-state index >= 15 is 0 Å². The van der Waals surface area contributed by atoms with Gasteiger partial charge in [-0.1, -0.05) is 42.5 Å². The van der Waals surface area contributed by atoms with Crippen LogP contribution in [0.15, 0.2) is 43.5 Å². The van der Waals surface area contributed by atoms with Crippen LogP contribution in [0.1, 0.15) is 30.9 Å². The van der Waals surface area contributed by atoms with E-state index in [1.807, 2.05) is 6.08 Å². The third-order valence-electron chi connectivity index (χ3n) is 2.33. The number of unbranched alkanes of at least 4 members (excludes halogenated alkanes) is 1. The lowest BCUT2D eigenvalue weighted by atomic mass is 9.98. The first-order chi connectivity index (χ1) is 6.75. The molecule has 1 aromatic rings. The zero-order valence-corrected chi connectivity index (χ0v) is 8.92. The maximum absolute atomic E-state index is 3.99. The standard InChI is InChI=1S/C14H18/c1-4-5-6-9-13-10-7-8-11-14(13)12(2)3/h4,7-8,10-11H,1-2,5-6,9H2,3H3. The molecule has 1 aromatic carbocycles. The van der Waals surface area contributed by atoms with Gasteiger partial charge in [-0.05, 0) is 37.3 Å². The van der Waals surface area contributed by atoms with Gasteiger partial charge >= 0.3 is 0 Å². The molecule has 0 saturated heterocycles. The van der Waals surface area contributed by atoms with Gasteiger partial charge in [0.05, 0.1) is 0 Å². The van der Waals surface area contributed by atoms with Crippen molar-refractivity contribution in [2.75, 3.05) is 0 Å². The van der Waals surface area contributed by atoms with Crippen molar-refractivity contribution in [3.8, 4) is 0 Å². The van der Waals surface area contributed by atoms with Crippen molar-refractivity contribution in [1.29, 1.82) is 0 Å². The van der Waals surface area contributed by atoms with Gasteiger partial charge in [0.2, 0.25) is 0 Å². The van der Waals surface area contributed by atoms with Gasteiger partial charge in [-0.3, -0.25) is 0 Å². The topological polar surface area (TPSA) is 0 Å². The molecule has 0 saturated carbocycles. The van der Waals surface area contributed by atoms with E-state index in [1.54, 1.807) is 0 Å². The maximum Gasteiger partial charge on any atom is -0.0201 e. The Labute approximate surface area is 87.0 Å². The molecule has 0 aliphatic heterocycles. The van der Waals surface area contributed by atoms with Crippen molar-refractivity contribution in [3.05, 3.63) is 54.6 Å². The molecular formula is C14H18. The molecule has 0 bridgehead atoms. The molecule has 0 heteroatoms. The average Bonchev–Trinajstić information content (AvgIpc) is 2.19. The Balaban J connectivity index is 2.74. The second-order valence-electron chi connectivity index (χ2n) is 3.62. The molecule has 0 aliphatic carbocycles.